The van der Waals surface area contributed by atoms with E-state index in [4.69, 9.17) is 16.3 Å². The lowest BCUT2D eigenvalue weighted by Crippen LogP contribution is -2.30. The zero-order chi connectivity index (χ0) is 16.9. The molecule has 7 heteroatoms. The van der Waals surface area contributed by atoms with Crippen molar-refractivity contribution >= 4 is 23.2 Å². The number of hydrogen-bond acceptors (Lipinski definition) is 4. The van der Waals surface area contributed by atoms with Crippen molar-refractivity contribution in [3.63, 3.8) is 0 Å². The van der Waals surface area contributed by atoms with Gasteiger partial charge in [-0.15, -0.1) is 0 Å². The minimum Gasteiger partial charge on any atom is -0.481 e. The van der Waals surface area contributed by atoms with Crippen LogP contribution in [0.3, 0.4) is 0 Å². The molecular weight excluding hydrogens is 328 g/mol. The highest BCUT2D eigenvalue weighted by molar-refractivity contribution is 6.31. The minimum absolute atomic E-state index is 0.289. The number of aromatic nitrogens is 3. The van der Waals surface area contributed by atoms with Gasteiger partial charge >= 0.3 is 0 Å². The van der Waals surface area contributed by atoms with Crippen LogP contribution in [0.1, 0.15) is 6.92 Å². The van der Waals surface area contributed by atoms with Gasteiger partial charge < -0.3 is 10.1 Å². The normalized spacial score (nSPS) is 11.8. The molecule has 3 aromatic rings. The fraction of sp³-hybridized carbons (Fsp3) is 0.118. The van der Waals surface area contributed by atoms with Gasteiger partial charge in [0.2, 0.25) is 0 Å². The van der Waals surface area contributed by atoms with Crippen LogP contribution in [0, 0.1) is 0 Å². The van der Waals surface area contributed by atoms with Crippen molar-refractivity contribution in [2.24, 2.45) is 0 Å². The summed E-state index contributed by atoms with van der Waals surface area (Å²) in [4.78, 5) is 16.3. The molecule has 6 nitrogen and oxygen atoms in total. The van der Waals surface area contributed by atoms with E-state index in [1.165, 1.54) is 6.33 Å². The summed E-state index contributed by atoms with van der Waals surface area (Å²) < 4.78 is 7.18. The number of nitrogens with one attached hydrogen (secondary N) is 1. The summed E-state index contributed by atoms with van der Waals surface area (Å²) in [6, 6.07) is 14.3. The fourth-order valence-electron chi connectivity index (χ4n) is 2.13. The van der Waals surface area contributed by atoms with Gasteiger partial charge in [0.05, 0.1) is 11.4 Å². The molecule has 0 saturated heterocycles. The molecule has 0 aliphatic carbocycles. The lowest BCUT2D eigenvalue weighted by Gasteiger charge is -2.16. The third-order valence-corrected chi connectivity index (χ3v) is 3.54. The number of rotatable bonds is 5. The summed E-state index contributed by atoms with van der Waals surface area (Å²) in [5.41, 5.74) is 1.19. The van der Waals surface area contributed by atoms with E-state index < -0.39 is 6.10 Å². The first kappa shape index (κ1) is 16.0. The average molecular weight is 343 g/mol. The van der Waals surface area contributed by atoms with E-state index in [0.29, 0.717) is 22.1 Å². The van der Waals surface area contributed by atoms with E-state index in [2.05, 4.69) is 15.4 Å². The smallest absolute Gasteiger partial charge is 0.265 e. The Bertz CT molecular complexity index is 822. The Labute approximate surface area is 144 Å². The molecule has 1 amide bonds. The standard InChI is InChI=1S/C17H15ClN4O2/c1-12(24-14-5-3-2-4-6-14)17(23)21-15-9-13(18)7-8-16(15)22-11-19-10-20-22/h2-12H,1H3,(H,21,23)/t12-/m1/s1. The summed E-state index contributed by atoms with van der Waals surface area (Å²) in [5.74, 6) is 0.338. The monoisotopic (exact) mass is 342 g/mol. The Balaban J connectivity index is 1.78. The van der Waals surface area contributed by atoms with Crippen LogP contribution in [0.2, 0.25) is 5.02 Å². The molecular formula is C17H15ClN4O2. The SMILES string of the molecule is C[C@@H](Oc1ccccc1)C(=O)Nc1cc(Cl)ccc1-n1cncn1. The number of halogens is 1. The van der Waals surface area contributed by atoms with Crippen molar-refractivity contribution in [1.82, 2.24) is 14.8 Å². The summed E-state index contributed by atoms with van der Waals surface area (Å²) >= 11 is 6.04. The van der Waals surface area contributed by atoms with Crippen molar-refractivity contribution in [2.75, 3.05) is 5.32 Å². The topological polar surface area (TPSA) is 69.0 Å². The van der Waals surface area contributed by atoms with E-state index in [-0.39, 0.29) is 5.91 Å². The zero-order valence-electron chi connectivity index (χ0n) is 12.9. The van der Waals surface area contributed by atoms with Gasteiger partial charge in [-0.05, 0) is 37.3 Å². The molecule has 0 aliphatic rings. The van der Waals surface area contributed by atoms with Crippen LogP contribution in [0.5, 0.6) is 5.75 Å². The van der Waals surface area contributed by atoms with Gasteiger partial charge in [-0.1, -0.05) is 29.8 Å². The van der Waals surface area contributed by atoms with Crippen LogP contribution in [-0.4, -0.2) is 26.8 Å². The van der Waals surface area contributed by atoms with E-state index in [9.17, 15) is 4.79 Å². The second-order valence-electron chi connectivity index (χ2n) is 5.06. The van der Waals surface area contributed by atoms with Crippen molar-refractivity contribution in [3.05, 3.63) is 66.2 Å². The van der Waals surface area contributed by atoms with Gasteiger partial charge in [-0.3, -0.25) is 4.79 Å². The quantitative estimate of drug-likeness (QED) is 0.772. The molecule has 1 atom stereocenters. The van der Waals surface area contributed by atoms with Crippen molar-refractivity contribution < 1.29 is 9.53 Å². The van der Waals surface area contributed by atoms with Crippen molar-refractivity contribution in [3.8, 4) is 11.4 Å². The van der Waals surface area contributed by atoms with Gasteiger partial charge in [-0.2, -0.15) is 5.10 Å². The fourth-order valence-corrected chi connectivity index (χ4v) is 2.30. The third-order valence-electron chi connectivity index (χ3n) is 3.31. The van der Waals surface area contributed by atoms with E-state index in [0.717, 1.165) is 0 Å². The molecule has 0 saturated carbocycles. The Kier molecular flexibility index (Phi) is 4.77. The first-order valence-corrected chi connectivity index (χ1v) is 7.68. The Morgan fingerprint density at radius 2 is 2.04 bits per heavy atom. The molecule has 1 aromatic heterocycles. The molecule has 0 spiro atoms. The minimum atomic E-state index is -0.671. The van der Waals surface area contributed by atoms with Crippen LogP contribution in [0.15, 0.2) is 61.2 Å². The number of ether oxygens (including phenoxy) is 1. The van der Waals surface area contributed by atoms with Crippen LogP contribution in [0.4, 0.5) is 5.69 Å². The largest absolute Gasteiger partial charge is 0.481 e. The Morgan fingerprint density at radius 3 is 2.75 bits per heavy atom. The lowest BCUT2D eigenvalue weighted by atomic mass is 10.2. The number of carbonyl (C=O) groups excluding carboxylic acids is 1. The molecule has 0 fully saturated rings. The molecule has 122 valence electrons. The maximum Gasteiger partial charge on any atom is 0.265 e. The van der Waals surface area contributed by atoms with Crippen LogP contribution >= 0.6 is 11.6 Å². The molecule has 0 bridgehead atoms. The van der Waals surface area contributed by atoms with E-state index >= 15 is 0 Å². The third kappa shape index (κ3) is 3.72. The molecule has 1 heterocycles. The van der Waals surface area contributed by atoms with Crippen molar-refractivity contribution in [2.45, 2.75) is 13.0 Å². The molecule has 2 aromatic carbocycles. The number of nitrogens with zero attached hydrogens (tertiary/aromatic N) is 3. The molecule has 0 radical (unpaired) electrons. The summed E-state index contributed by atoms with van der Waals surface area (Å²) in [7, 11) is 0. The zero-order valence-corrected chi connectivity index (χ0v) is 13.6. The average Bonchev–Trinajstić information content (AvgIpc) is 3.10. The number of benzene rings is 2. The molecule has 24 heavy (non-hydrogen) atoms. The number of hydrogen-bond donors (Lipinski definition) is 1. The molecule has 0 aliphatic heterocycles. The van der Waals surface area contributed by atoms with E-state index in [1.54, 1.807) is 48.3 Å². The number of carbonyl (C=O) groups is 1. The van der Waals surface area contributed by atoms with Gasteiger partial charge in [0, 0.05) is 5.02 Å². The second kappa shape index (κ2) is 7.14. The predicted molar refractivity (Wildman–Crippen MR) is 91.5 cm³/mol. The molecule has 1 N–H and O–H groups in total. The Hall–Kier alpha value is -2.86. The number of anilines is 1. The summed E-state index contributed by atoms with van der Waals surface area (Å²) in [5, 5.41) is 7.40. The van der Waals surface area contributed by atoms with Crippen LogP contribution < -0.4 is 10.1 Å². The summed E-state index contributed by atoms with van der Waals surface area (Å²) in [6.07, 6.45) is 2.29. The van der Waals surface area contributed by atoms with Crippen LogP contribution in [-0.2, 0) is 4.79 Å². The lowest BCUT2D eigenvalue weighted by molar-refractivity contribution is -0.122. The molecule has 3 rings (SSSR count). The van der Waals surface area contributed by atoms with Gasteiger partial charge in [0.1, 0.15) is 18.4 Å². The number of para-hydroxylation sites is 1. The maximum absolute atomic E-state index is 12.4. The highest BCUT2D eigenvalue weighted by Crippen LogP contribution is 2.24. The highest BCUT2D eigenvalue weighted by Gasteiger charge is 2.17. The highest BCUT2D eigenvalue weighted by atomic mass is 35.5. The van der Waals surface area contributed by atoms with Crippen LogP contribution in [0.25, 0.3) is 5.69 Å². The van der Waals surface area contributed by atoms with Gasteiger partial charge in [0.15, 0.2) is 6.10 Å². The van der Waals surface area contributed by atoms with Gasteiger partial charge in [-0.25, -0.2) is 9.67 Å². The van der Waals surface area contributed by atoms with Gasteiger partial charge in [0.25, 0.3) is 5.91 Å². The first-order valence-electron chi connectivity index (χ1n) is 7.30. The summed E-state index contributed by atoms with van der Waals surface area (Å²) in [6.45, 7) is 1.68. The predicted octanol–water partition coefficient (Wildman–Crippen LogP) is 3.33. The number of amides is 1. The van der Waals surface area contributed by atoms with Crippen molar-refractivity contribution in [1.29, 1.82) is 0 Å². The maximum atomic E-state index is 12.4. The Morgan fingerprint density at radius 1 is 1.25 bits per heavy atom. The first-order chi connectivity index (χ1) is 11.6. The molecule has 0 unspecified atom stereocenters. The van der Waals surface area contributed by atoms with E-state index in [1.807, 2.05) is 18.2 Å². The second-order valence-corrected chi connectivity index (χ2v) is 5.50.